The minimum atomic E-state index is -0.0992. The Hall–Kier alpha value is -3.35. The van der Waals surface area contributed by atoms with Crippen LogP contribution in [0, 0.1) is 12.8 Å². The first kappa shape index (κ1) is 20.5. The highest BCUT2D eigenvalue weighted by molar-refractivity contribution is 5.94. The lowest BCUT2D eigenvalue weighted by molar-refractivity contribution is -0.117. The van der Waals surface area contributed by atoms with Gasteiger partial charge < -0.3 is 9.84 Å². The molecule has 164 valence electrons. The Labute approximate surface area is 186 Å². The van der Waals surface area contributed by atoms with Gasteiger partial charge in [-0.3, -0.25) is 9.59 Å². The molecule has 0 aliphatic heterocycles. The highest BCUT2D eigenvalue weighted by Crippen LogP contribution is 2.46. The Bertz CT molecular complexity index is 1190. The van der Waals surface area contributed by atoms with E-state index < -0.39 is 0 Å². The van der Waals surface area contributed by atoms with E-state index in [0.29, 0.717) is 24.6 Å². The molecule has 1 aromatic carbocycles. The SMILES string of the molecule is Cc1cc(-c2ccnc(NC(=O)C3CC3)c2)ccc1CCC(=O)c1noc(C2(C)CC2)n1. The number of carbonyl (C=O) groups excluding carboxylic acids is 2. The maximum absolute atomic E-state index is 12.5. The number of carbonyl (C=O) groups is 2. The topological polar surface area (TPSA) is 98.0 Å². The van der Waals surface area contributed by atoms with Gasteiger partial charge in [-0.1, -0.05) is 30.3 Å². The van der Waals surface area contributed by atoms with Gasteiger partial charge in [-0.05, 0) is 73.4 Å². The van der Waals surface area contributed by atoms with Crippen LogP contribution in [0.3, 0.4) is 0 Å². The summed E-state index contributed by atoms with van der Waals surface area (Å²) >= 11 is 0. The lowest BCUT2D eigenvalue weighted by atomic mass is 9.97. The summed E-state index contributed by atoms with van der Waals surface area (Å²) < 4.78 is 5.29. The lowest BCUT2D eigenvalue weighted by Gasteiger charge is -2.10. The third kappa shape index (κ3) is 4.33. The zero-order valence-corrected chi connectivity index (χ0v) is 18.4. The Morgan fingerprint density at radius 3 is 2.66 bits per heavy atom. The van der Waals surface area contributed by atoms with Crippen molar-refractivity contribution in [2.75, 3.05) is 5.32 Å². The van der Waals surface area contributed by atoms with Crippen molar-refractivity contribution in [2.24, 2.45) is 5.92 Å². The normalized spacial score (nSPS) is 16.6. The fraction of sp³-hybridized carbons (Fsp3) is 0.400. The van der Waals surface area contributed by atoms with Crippen LogP contribution in [-0.2, 0) is 16.6 Å². The fourth-order valence-corrected chi connectivity index (χ4v) is 3.75. The molecular formula is C25H26N4O3. The molecule has 2 aromatic heterocycles. The van der Waals surface area contributed by atoms with E-state index >= 15 is 0 Å². The Morgan fingerprint density at radius 1 is 1.16 bits per heavy atom. The smallest absolute Gasteiger partial charge is 0.238 e. The number of hydrogen-bond acceptors (Lipinski definition) is 6. The number of benzene rings is 1. The van der Waals surface area contributed by atoms with Gasteiger partial charge in [0.2, 0.25) is 23.4 Å². The van der Waals surface area contributed by atoms with E-state index in [4.69, 9.17) is 4.52 Å². The van der Waals surface area contributed by atoms with Gasteiger partial charge in [-0.2, -0.15) is 4.98 Å². The average molecular weight is 431 g/mol. The lowest BCUT2D eigenvalue weighted by Crippen LogP contribution is -2.14. The van der Waals surface area contributed by atoms with Crippen LogP contribution in [0.5, 0.6) is 0 Å². The summed E-state index contributed by atoms with van der Waals surface area (Å²) in [6.45, 7) is 4.12. The van der Waals surface area contributed by atoms with Crippen molar-refractivity contribution in [1.29, 1.82) is 0 Å². The Kier molecular flexibility index (Phi) is 5.12. The number of anilines is 1. The molecule has 2 aliphatic carbocycles. The number of nitrogens with one attached hydrogen (secondary N) is 1. The number of amides is 1. The van der Waals surface area contributed by atoms with Crippen LogP contribution >= 0.6 is 0 Å². The van der Waals surface area contributed by atoms with Crippen LogP contribution in [-0.4, -0.2) is 26.8 Å². The molecule has 0 radical (unpaired) electrons. The summed E-state index contributed by atoms with van der Waals surface area (Å²) in [6.07, 6.45) is 6.64. The van der Waals surface area contributed by atoms with E-state index in [1.807, 2.05) is 31.2 Å². The molecular weight excluding hydrogens is 404 g/mol. The number of ketones is 1. The molecule has 5 rings (SSSR count). The maximum Gasteiger partial charge on any atom is 0.238 e. The van der Waals surface area contributed by atoms with E-state index in [9.17, 15) is 9.59 Å². The van der Waals surface area contributed by atoms with Crippen LogP contribution in [0.15, 0.2) is 41.1 Å². The minimum absolute atomic E-state index is 0.0362. The van der Waals surface area contributed by atoms with Gasteiger partial charge in [0.15, 0.2) is 0 Å². The third-order valence-electron chi connectivity index (χ3n) is 6.45. The predicted molar refractivity (Wildman–Crippen MR) is 119 cm³/mol. The molecule has 32 heavy (non-hydrogen) atoms. The number of pyridine rings is 1. The first-order valence-electron chi connectivity index (χ1n) is 11.2. The molecule has 2 saturated carbocycles. The first-order valence-corrected chi connectivity index (χ1v) is 11.2. The Morgan fingerprint density at radius 2 is 1.94 bits per heavy atom. The van der Waals surface area contributed by atoms with Gasteiger partial charge in [-0.15, -0.1) is 0 Å². The van der Waals surface area contributed by atoms with Crippen molar-refractivity contribution in [3.8, 4) is 11.1 Å². The van der Waals surface area contributed by atoms with Crippen LogP contribution in [0.4, 0.5) is 5.82 Å². The standard InChI is InChI=1S/C25H26N4O3/c1-15-13-18(19-9-12-26-21(14-19)27-23(31)17-4-5-17)6-3-16(15)7-8-20(30)22-28-24(32-29-22)25(2)10-11-25/h3,6,9,12-14,17H,4-5,7-8,10-11H2,1-2H3,(H,26,27,31). The van der Waals surface area contributed by atoms with Crippen molar-refractivity contribution in [1.82, 2.24) is 15.1 Å². The third-order valence-corrected chi connectivity index (χ3v) is 6.45. The van der Waals surface area contributed by atoms with Crippen LogP contribution in [0.2, 0.25) is 0 Å². The number of hydrogen-bond donors (Lipinski definition) is 1. The zero-order valence-electron chi connectivity index (χ0n) is 18.4. The summed E-state index contributed by atoms with van der Waals surface area (Å²) in [5.41, 5.74) is 4.21. The molecule has 0 spiro atoms. The Balaban J connectivity index is 1.24. The van der Waals surface area contributed by atoms with E-state index in [1.54, 1.807) is 6.20 Å². The predicted octanol–water partition coefficient (Wildman–Crippen LogP) is 4.66. The summed E-state index contributed by atoms with van der Waals surface area (Å²) in [5, 5.41) is 6.78. The molecule has 0 atom stereocenters. The molecule has 0 saturated heterocycles. The summed E-state index contributed by atoms with van der Waals surface area (Å²) in [5.74, 6) is 1.42. The zero-order chi connectivity index (χ0) is 22.3. The van der Waals surface area contributed by atoms with Gasteiger partial charge in [0.1, 0.15) is 5.82 Å². The molecule has 0 bridgehead atoms. The monoisotopic (exact) mass is 430 g/mol. The molecule has 7 nitrogen and oxygen atoms in total. The van der Waals surface area contributed by atoms with Gasteiger partial charge in [0, 0.05) is 24.0 Å². The second-order valence-electron chi connectivity index (χ2n) is 9.24. The second kappa shape index (κ2) is 7.97. The number of rotatable bonds is 8. The van der Waals surface area contributed by atoms with Gasteiger partial charge in [0.25, 0.3) is 0 Å². The average Bonchev–Trinajstić information content (AvgIpc) is 3.71. The largest absolute Gasteiger partial charge is 0.338 e. The highest BCUT2D eigenvalue weighted by atomic mass is 16.5. The maximum atomic E-state index is 12.5. The van der Waals surface area contributed by atoms with Crippen molar-refractivity contribution < 1.29 is 14.1 Å². The number of aryl methyl sites for hydroxylation is 2. The number of aromatic nitrogens is 3. The van der Waals surface area contributed by atoms with Crippen molar-refractivity contribution in [3.63, 3.8) is 0 Å². The molecule has 3 aromatic rings. The molecule has 2 aliphatic rings. The number of Topliss-reactive ketones (excluding diaryl/α,β-unsaturated/α-hetero) is 1. The molecule has 2 fully saturated rings. The summed E-state index contributed by atoms with van der Waals surface area (Å²) in [7, 11) is 0. The van der Waals surface area contributed by atoms with Crippen LogP contribution in [0.25, 0.3) is 11.1 Å². The molecule has 7 heteroatoms. The quantitative estimate of drug-likeness (QED) is 0.522. The number of nitrogens with zero attached hydrogens (tertiary/aromatic N) is 3. The van der Waals surface area contributed by atoms with Gasteiger partial charge in [0.05, 0.1) is 0 Å². The van der Waals surface area contributed by atoms with Crippen molar-refractivity contribution in [2.45, 2.75) is 57.8 Å². The summed E-state index contributed by atoms with van der Waals surface area (Å²) in [6, 6.07) is 10.0. The van der Waals surface area contributed by atoms with Crippen LogP contribution in [0.1, 0.15) is 66.7 Å². The van der Waals surface area contributed by atoms with E-state index in [0.717, 1.165) is 47.9 Å². The first-order chi connectivity index (χ1) is 15.4. The molecule has 0 unspecified atom stereocenters. The summed E-state index contributed by atoms with van der Waals surface area (Å²) in [4.78, 5) is 33.1. The minimum Gasteiger partial charge on any atom is -0.338 e. The van der Waals surface area contributed by atoms with E-state index in [-0.39, 0.29) is 28.8 Å². The molecule has 1 amide bonds. The van der Waals surface area contributed by atoms with E-state index in [2.05, 4.69) is 33.4 Å². The van der Waals surface area contributed by atoms with Crippen molar-refractivity contribution >= 4 is 17.5 Å². The fourth-order valence-electron chi connectivity index (χ4n) is 3.75. The molecule has 1 N–H and O–H groups in total. The van der Waals surface area contributed by atoms with Gasteiger partial charge in [-0.25, -0.2) is 4.98 Å². The van der Waals surface area contributed by atoms with Gasteiger partial charge >= 0.3 is 0 Å². The highest BCUT2D eigenvalue weighted by Gasteiger charge is 2.44. The van der Waals surface area contributed by atoms with Crippen molar-refractivity contribution in [3.05, 3.63) is 59.4 Å². The molecule has 2 heterocycles. The second-order valence-corrected chi connectivity index (χ2v) is 9.24. The van der Waals surface area contributed by atoms with Crippen LogP contribution < -0.4 is 5.32 Å². The van der Waals surface area contributed by atoms with E-state index in [1.165, 1.54) is 0 Å².